The maximum absolute atomic E-state index is 12.1. The van der Waals surface area contributed by atoms with Crippen LogP contribution in [0.4, 0.5) is 4.79 Å². The number of methoxy groups -OCH3 is 1. The van der Waals surface area contributed by atoms with Crippen LogP contribution in [0.25, 0.3) is 0 Å². The number of aliphatic carboxylic acids is 1. The minimum atomic E-state index is -1.20. The predicted molar refractivity (Wildman–Crippen MR) is 112 cm³/mol. The average molecular weight is 430 g/mol. The van der Waals surface area contributed by atoms with Crippen LogP contribution in [0, 0.1) is 0 Å². The maximum Gasteiger partial charge on any atom is 0.407 e. The van der Waals surface area contributed by atoms with Crippen molar-refractivity contribution in [3.63, 3.8) is 0 Å². The number of carboxylic acid groups (broad SMARTS) is 1. The van der Waals surface area contributed by atoms with Gasteiger partial charge in [0.15, 0.2) is 0 Å². The van der Waals surface area contributed by atoms with E-state index < -0.39 is 30.1 Å². The first kappa shape index (κ1) is 23.7. The van der Waals surface area contributed by atoms with E-state index in [2.05, 4.69) is 10.6 Å². The van der Waals surface area contributed by atoms with Crippen LogP contribution in [0.3, 0.4) is 0 Å². The van der Waals surface area contributed by atoms with Crippen molar-refractivity contribution in [3.8, 4) is 5.75 Å². The molecule has 2 aromatic carbocycles. The Bertz CT molecular complexity index is 873. The average Bonchev–Trinajstić information content (AvgIpc) is 2.76. The summed E-state index contributed by atoms with van der Waals surface area (Å²) in [5, 5.41) is 24.1. The molecule has 0 saturated carbocycles. The van der Waals surface area contributed by atoms with Crippen LogP contribution in [-0.2, 0) is 27.4 Å². The van der Waals surface area contributed by atoms with Gasteiger partial charge in [-0.15, -0.1) is 0 Å². The van der Waals surface area contributed by atoms with Gasteiger partial charge in [-0.25, -0.2) is 9.59 Å². The highest BCUT2D eigenvalue weighted by Gasteiger charge is 2.22. The molecule has 0 radical (unpaired) electrons. The quantitative estimate of drug-likeness (QED) is 0.424. The van der Waals surface area contributed by atoms with Crippen molar-refractivity contribution in [2.24, 2.45) is 0 Å². The van der Waals surface area contributed by atoms with Crippen molar-refractivity contribution in [1.82, 2.24) is 10.6 Å². The molecule has 0 spiro atoms. The SMILES string of the molecule is COc1cccc(C[C@@H](NC(=O)C[C@@H](O)CNC(=O)OCc2ccccc2)C(=O)O)c1. The molecule has 0 unspecified atom stereocenters. The maximum atomic E-state index is 12.1. The number of alkyl carbamates (subject to hydrolysis) is 1. The van der Waals surface area contributed by atoms with E-state index in [1.807, 2.05) is 18.2 Å². The summed E-state index contributed by atoms with van der Waals surface area (Å²) >= 11 is 0. The topological polar surface area (TPSA) is 134 Å². The highest BCUT2D eigenvalue weighted by Crippen LogP contribution is 2.14. The summed E-state index contributed by atoms with van der Waals surface area (Å²) in [4.78, 5) is 35.3. The lowest BCUT2D eigenvalue weighted by Gasteiger charge is -2.17. The monoisotopic (exact) mass is 430 g/mol. The number of amides is 2. The molecule has 0 aliphatic rings. The Labute approximate surface area is 180 Å². The molecular formula is C22H26N2O7. The molecule has 0 heterocycles. The standard InChI is InChI=1S/C22H26N2O7/c1-30-18-9-5-8-16(10-18)11-19(21(27)28)24-20(26)12-17(25)13-23-22(29)31-14-15-6-3-2-4-7-15/h2-10,17,19,25H,11-14H2,1H3,(H,23,29)(H,24,26)(H,27,28)/t17-,19-/m1/s1. The van der Waals surface area contributed by atoms with Crippen molar-refractivity contribution in [2.75, 3.05) is 13.7 Å². The van der Waals surface area contributed by atoms with Gasteiger partial charge in [-0.1, -0.05) is 42.5 Å². The summed E-state index contributed by atoms with van der Waals surface area (Å²) in [7, 11) is 1.50. The van der Waals surface area contributed by atoms with E-state index in [-0.39, 0.29) is 26.0 Å². The molecule has 31 heavy (non-hydrogen) atoms. The lowest BCUT2D eigenvalue weighted by molar-refractivity contribution is -0.142. The van der Waals surface area contributed by atoms with Gasteiger partial charge in [0.05, 0.1) is 19.6 Å². The zero-order chi connectivity index (χ0) is 22.6. The fourth-order valence-corrected chi connectivity index (χ4v) is 2.75. The van der Waals surface area contributed by atoms with Crippen LogP contribution in [0.15, 0.2) is 54.6 Å². The van der Waals surface area contributed by atoms with Gasteiger partial charge in [0.2, 0.25) is 5.91 Å². The molecule has 0 aromatic heterocycles. The lowest BCUT2D eigenvalue weighted by Crippen LogP contribution is -2.44. The van der Waals surface area contributed by atoms with Gasteiger partial charge < -0.3 is 30.3 Å². The molecule has 0 aliphatic heterocycles. The second-order valence-corrected chi connectivity index (χ2v) is 6.81. The Morgan fingerprint density at radius 3 is 2.42 bits per heavy atom. The first-order valence-electron chi connectivity index (χ1n) is 9.65. The normalized spacial score (nSPS) is 12.3. The predicted octanol–water partition coefficient (Wildman–Crippen LogP) is 1.48. The van der Waals surface area contributed by atoms with Crippen LogP contribution in [-0.4, -0.2) is 54.0 Å². The number of hydrogen-bond acceptors (Lipinski definition) is 6. The van der Waals surface area contributed by atoms with E-state index in [1.54, 1.807) is 36.4 Å². The number of nitrogens with one attached hydrogen (secondary N) is 2. The second-order valence-electron chi connectivity index (χ2n) is 6.81. The number of aliphatic hydroxyl groups is 1. The number of carbonyl (C=O) groups is 3. The minimum absolute atomic E-state index is 0.0540. The fourth-order valence-electron chi connectivity index (χ4n) is 2.75. The first-order valence-corrected chi connectivity index (χ1v) is 9.65. The Balaban J connectivity index is 1.75. The van der Waals surface area contributed by atoms with Gasteiger partial charge in [-0.3, -0.25) is 4.79 Å². The summed E-state index contributed by atoms with van der Waals surface area (Å²) in [5.74, 6) is -1.27. The third kappa shape index (κ3) is 8.75. The van der Waals surface area contributed by atoms with Crippen LogP contribution in [0.1, 0.15) is 17.5 Å². The number of ether oxygens (including phenoxy) is 2. The highest BCUT2D eigenvalue weighted by atomic mass is 16.5. The third-order valence-corrected chi connectivity index (χ3v) is 4.32. The third-order valence-electron chi connectivity index (χ3n) is 4.32. The van der Waals surface area contributed by atoms with Crippen LogP contribution in [0.5, 0.6) is 5.75 Å². The number of carbonyl (C=O) groups excluding carboxylic acids is 2. The molecule has 9 heteroatoms. The first-order chi connectivity index (χ1) is 14.9. The molecule has 2 amide bonds. The zero-order valence-corrected chi connectivity index (χ0v) is 17.1. The van der Waals surface area contributed by atoms with Crippen molar-refractivity contribution in [2.45, 2.75) is 31.6 Å². The van der Waals surface area contributed by atoms with E-state index in [0.29, 0.717) is 11.3 Å². The summed E-state index contributed by atoms with van der Waals surface area (Å²) in [6.07, 6.45) is -2.25. The van der Waals surface area contributed by atoms with Gasteiger partial charge in [0.25, 0.3) is 0 Å². The van der Waals surface area contributed by atoms with Gasteiger partial charge in [-0.2, -0.15) is 0 Å². The Morgan fingerprint density at radius 1 is 1.03 bits per heavy atom. The summed E-state index contributed by atoms with van der Waals surface area (Å²) < 4.78 is 10.1. The van der Waals surface area contributed by atoms with Crippen LogP contribution in [0.2, 0.25) is 0 Å². The van der Waals surface area contributed by atoms with Gasteiger partial charge in [-0.05, 0) is 23.3 Å². The van der Waals surface area contributed by atoms with E-state index in [9.17, 15) is 24.6 Å². The number of aliphatic hydroxyl groups excluding tert-OH is 1. The van der Waals surface area contributed by atoms with Crippen LogP contribution >= 0.6 is 0 Å². The molecule has 2 aromatic rings. The lowest BCUT2D eigenvalue weighted by atomic mass is 10.1. The van der Waals surface area contributed by atoms with E-state index >= 15 is 0 Å². The molecule has 2 rings (SSSR count). The molecule has 2 atom stereocenters. The largest absolute Gasteiger partial charge is 0.497 e. The Morgan fingerprint density at radius 2 is 1.74 bits per heavy atom. The molecule has 0 fully saturated rings. The molecule has 0 bridgehead atoms. The summed E-state index contributed by atoms with van der Waals surface area (Å²) in [6.45, 7) is -0.136. The van der Waals surface area contributed by atoms with Gasteiger partial charge in [0, 0.05) is 13.0 Å². The Hall–Kier alpha value is -3.59. The molecule has 0 saturated heterocycles. The minimum Gasteiger partial charge on any atom is -0.497 e. The summed E-state index contributed by atoms with van der Waals surface area (Å²) in [6, 6.07) is 14.8. The van der Waals surface area contributed by atoms with E-state index in [4.69, 9.17) is 9.47 Å². The van der Waals surface area contributed by atoms with Crippen molar-refractivity contribution >= 4 is 18.0 Å². The summed E-state index contributed by atoms with van der Waals surface area (Å²) in [5.41, 5.74) is 1.49. The van der Waals surface area contributed by atoms with Gasteiger partial charge in [0.1, 0.15) is 18.4 Å². The van der Waals surface area contributed by atoms with Crippen molar-refractivity contribution < 1.29 is 34.1 Å². The van der Waals surface area contributed by atoms with E-state index in [0.717, 1.165) is 5.56 Å². The van der Waals surface area contributed by atoms with Crippen molar-refractivity contribution in [3.05, 3.63) is 65.7 Å². The molecule has 0 aliphatic carbocycles. The highest BCUT2D eigenvalue weighted by molar-refractivity contribution is 5.84. The smallest absolute Gasteiger partial charge is 0.407 e. The molecular weight excluding hydrogens is 404 g/mol. The Kier molecular flexibility index (Phi) is 9.31. The molecule has 4 N–H and O–H groups in total. The second kappa shape index (κ2) is 12.2. The zero-order valence-electron chi connectivity index (χ0n) is 17.1. The van der Waals surface area contributed by atoms with Gasteiger partial charge >= 0.3 is 12.1 Å². The van der Waals surface area contributed by atoms with E-state index in [1.165, 1.54) is 7.11 Å². The number of rotatable bonds is 11. The number of carboxylic acids is 1. The van der Waals surface area contributed by atoms with Crippen LogP contribution < -0.4 is 15.4 Å². The molecule has 9 nitrogen and oxygen atoms in total. The number of hydrogen-bond donors (Lipinski definition) is 4. The van der Waals surface area contributed by atoms with Crippen molar-refractivity contribution in [1.29, 1.82) is 0 Å². The number of benzene rings is 2. The fraction of sp³-hybridized carbons (Fsp3) is 0.318. The molecule has 166 valence electrons.